The molecule has 2 fully saturated rings. The molecule has 34 heavy (non-hydrogen) atoms. The van der Waals surface area contributed by atoms with E-state index in [1.54, 1.807) is 31.1 Å². The zero-order valence-electron chi connectivity index (χ0n) is 19.4. The van der Waals surface area contributed by atoms with E-state index in [2.05, 4.69) is 9.64 Å². The minimum absolute atomic E-state index is 0.128. The molecule has 11 heteroatoms. The molecule has 3 aliphatic heterocycles. The van der Waals surface area contributed by atoms with Crippen LogP contribution in [0, 0.1) is 5.82 Å². The van der Waals surface area contributed by atoms with Crippen molar-refractivity contribution in [3.8, 4) is 0 Å². The second-order valence-electron chi connectivity index (χ2n) is 9.63. The number of alkyl halides is 3. The lowest BCUT2D eigenvalue weighted by Crippen LogP contribution is -2.53. The molecule has 188 valence electrons. The van der Waals surface area contributed by atoms with Crippen LogP contribution in [0.2, 0.25) is 0 Å². The third-order valence-electron chi connectivity index (χ3n) is 7.25. The number of anilines is 1. The monoisotopic (exact) mass is 486 g/mol. The molecule has 4 rings (SSSR count). The van der Waals surface area contributed by atoms with E-state index in [4.69, 9.17) is 0 Å². The predicted octanol–water partition coefficient (Wildman–Crippen LogP) is 3.82. The van der Waals surface area contributed by atoms with Crippen molar-refractivity contribution in [1.29, 1.82) is 0 Å². The van der Waals surface area contributed by atoms with Crippen molar-refractivity contribution >= 4 is 17.8 Å². The van der Waals surface area contributed by atoms with Gasteiger partial charge in [-0.15, -0.1) is 0 Å². The Morgan fingerprint density at radius 1 is 1.12 bits per heavy atom. The van der Waals surface area contributed by atoms with Crippen molar-refractivity contribution in [2.24, 2.45) is 0 Å². The Hall–Kier alpha value is -2.56. The van der Waals surface area contributed by atoms with Crippen LogP contribution < -0.4 is 4.90 Å². The number of fused-ring (bicyclic) bond motifs is 2. The lowest BCUT2D eigenvalue weighted by atomic mass is 9.74. The van der Waals surface area contributed by atoms with E-state index in [0.717, 1.165) is 37.2 Å². The average Bonchev–Trinajstić information content (AvgIpc) is 3.10. The summed E-state index contributed by atoms with van der Waals surface area (Å²) >= 11 is 0. The van der Waals surface area contributed by atoms with Crippen LogP contribution in [0.3, 0.4) is 0 Å². The Kier molecular flexibility index (Phi) is 6.67. The number of halogens is 4. The van der Waals surface area contributed by atoms with Crippen LogP contribution in [0.1, 0.15) is 31.2 Å². The molecule has 7 nitrogen and oxygen atoms in total. The highest BCUT2D eigenvalue weighted by Gasteiger charge is 2.47. The normalized spacial score (nSPS) is 21.0. The van der Waals surface area contributed by atoms with Crippen LogP contribution in [0.5, 0.6) is 0 Å². The second kappa shape index (κ2) is 9.24. The third kappa shape index (κ3) is 4.94. The number of nitrogens with zero attached hydrogens (tertiary/aromatic N) is 4. The van der Waals surface area contributed by atoms with E-state index in [-0.39, 0.29) is 23.3 Å². The number of urea groups is 1. The average molecular weight is 487 g/mol. The fourth-order valence-electron chi connectivity index (χ4n) is 5.45. The number of piperidine rings is 2. The van der Waals surface area contributed by atoms with Gasteiger partial charge in [0.15, 0.2) is 6.61 Å². The third-order valence-corrected chi connectivity index (χ3v) is 7.25. The van der Waals surface area contributed by atoms with E-state index in [1.807, 2.05) is 0 Å². The molecule has 2 saturated heterocycles. The second-order valence-corrected chi connectivity index (χ2v) is 9.63. The summed E-state index contributed by atoms with van der Waals surface area (Å²) in [5.74, 6) is -0.315. The minimum Gasteiger partial charge on any atom is -0.440 e. The summed E-state index contributed by atoms with van der Waals surface area (Å²) < 4.78 is 55.4. The smallest absolute Gasteiger partial charge is 0.422 e. The van der Waals surface area contributed by atoms with E-state index >= 15 is 0 Å². The maximum atomic E-state index is 14.1. The summed E-state index contributed by atoms with van der Waals surface area (Å²) in [5, 5.41) is 0. The van der Waals surface area contributed by atoms with Crippen LogP contribution in [0.4, 0.5) is 32.8 Å². The predicted molar refractivity (Wildman–Crippen MR) is 117 cm³/mol. The van der Waals surface area contributed by atoms with E-state index < -0.39 is 18.9 Å². The fourth-order valence-corrected chi connectivity index (χ4v) is 5.45. The number of carbonyl (C=O) groups is 2. The first-order valence-electron chi connectivity index (χ1n) is 11.5. The van der Waals surface area contributed by atoms with Gasteiger partial charge >= 0.3 is 18.3 Å². The van der Waals surface area contributed by atoms with Gasteiger partial charge in [-0.25, -0.2) is 14.0 Å². The van der Waals surface area contributed by atoms with Crippen molar-refractivity contribution in [1.82, 2.24) is 14.7 Å². The molecule has 0 bridgehead atoms. The van der Waals surface area contributed by atoms with Gasteiger partial charge in [-0.1, -0.05) is 0 Å². The summed E-state index contributed by atoms with van der Waals surface area (Å²) in [5.41, 5.74) is 1.34. The number of likely N-dealkylation sites (tertiary alicyclic amines) is 2. The lowest BCUT2D eigenvalue weighted by molar-refractivity contribution is -0.162. The van der Waals surface area contributed by atoms with E-state index in [1.165, 1.54) is 15.9 Å². The van der Waals surface area contributed by atoms with Gasteiger partial charge in [0.05, 0.1) is 0 Å². The molecule has 3 heterocycles. The van der Waals surface area contributed by atoms with Gasteiger partial charge in [0, 0.05) is 50.9 Å². The molecule has 0 atom stereocenters. The Morgan fingerprint density at radius 2 is 1.76 bits per heavy atom. The van der Waals surface area contributed by atoms with Gasteiger partial charge < -0.3 is 19.4 Å². The van der Waals surface area contributed by atoms with Crippen LogP contribution in [0.15, 0.2) is 18.2 Å². The number of hydrogen-bond donors (Lipinski definition) is 0. The number of hydrogen-bond acceptors (Lipinski definition) is 4. The molecule has 1 aromatic carbocycles. The Labute approximate surface area is 196 Å². The molecule has 0 radical (unpaired) electrons. The number of amides is 3. The molecule has 3 amide bonds. The molecule has 3 aliphatic rings. The van der Waals surface area contributed by atoms with Gasteiger partial charge in [0.25, 0.3) is 0 Å². The highest BCUT2D eigenvalue weighted by molar-refractivity contribution is 5.95. The van der Waals surface area contributed by atoms with Gasteiger partial charge in [0.1, 0.15) is 5.82 Å². The first kappa shape index (κ1) is 24.6. The lowest BCUT2D eigenvalue weighted by Gasteiger charge is -2.45. The van der Waals surface area contributed by atoms with Crippen LogP contribution in [0.25, 0.3) is 0 Å². The van der Waals surface area contributed by atoms with E-state index in [9.17, 15) is 27.2 Å². The molecule has 0 aromatic heterocycles. The first-order valence-corrected chi connectivity index (χ1v) is 11.5. The fraction of sp³-hybridized carbons (Fsp3) is 0.652. The molecule has 1 aromatic rings. The zero-order chi connectivity index (χ0) is 24.7. The van der Waals surface area contributed by atoms with Gasteiger partial charge in [-0.2, -0.15) is 13.2 Å². The standard InChI is InChI=1S/C23H30F4N4O3/c1-28(2)20(32)31-14-22(18-13-16(24)3-4-19(18)31)7-11-29(12-8-22)17-5-9-30(10-6-17)21(33)34-15-23(25,26)27/h3-4,13,17H,5-12,14-15H2,1-2H3. The Balaban J connectivity index is 1.36. The summed E-state index contributed by atoms with van der Waals surface area (Å²) in [6, 6.07) is 4.71. The van der Waals surface area contributed by atoms with E-state index in [0.29, 0.717) is 32.5 Å². The van der Waals surface area contributed by atoms with Crippen LogP contribution in [-0.4, -0.2) is 92.5 Å². The summed E-state index contributed by atoms with van der Waals surface area (Å²) in [6.07, 6.45) is -2.60. The van der Waals surface area contributed by atoms with Crippen molar-refractivity contribution in [3.63, 3.8) is 0 Å². The number of ether oxygens (including phenoxy) is 1. The highest BCUT2D eigenvalue weighted by atomic mass is 19.4. The Morgan fingerprint density at radius 3 is 2.35 bits per heavy atom. The maximum Gasteiger partial charge on any atom is 0.422 e. The Bertz CT molecular complexity index is 923. The molecular weight excluding hydrogens is 456 g/mol. The summed E-state index contributed by atoms with van der Waals surface area (Å²) in [4.78, 5) is 31.6. The molecule has 1 spiro atoms. The number of carbonyl (C=O) groups excluding carboxylic acids is 2. The summed E-state index contributed by atoms with van der Waals surface area (Å²) in [6.45, 7) is 1.17. The molecule has 0 N–H and O–H groups in total. The van der Waals surface area contributed by atoms with Crippen molar-refractivity contribution in [3.05, 3.63) is 29.6 Å². The van der Waals surface area contributed by atoms with Crippen LogP contribution in [-0.2, 0) is 10.2 Å². The van der Waals surface area contributed by atoms with Gasteiger partial charge in [-0.05, 0) is 62.5 Å². The molecule has 0 saturated carbocycles. The molecule has 0 unspecified atom stereocenters. The molecule has 0 aliphatic carbocycles. The topological polar surface area (TPSA) is 56.3 Å². The largest absolute Gasteiger partial charge is 0.440 e. The maximum absolute atomic E-state index is 14.1. The first-order chi connectivity index (χ1) is 16.0. The molecular formula is C23H30F4N4O3. The van der Waals surface area contributed by atoms with Crippen molar-refractivity contribution in [2.75, 3.05) is 58.3 Å². The van der Waals surface area contributed by atoms with Gasteiger partial charge in [0.2, 0.25) is 0 Å². The highest BCUT2D eigenvalue weighted by Crippen LogP contribution is 2.48. The van der Waals surface area contributed by atoms with Crippen LogP contribution >= 0.6 is 0 Å². The summed E-state index contributed by atoms with van der Waals surface area (Å²) in [7, 11) is 3.40. The zero-order valence-corrected chi connectivity index (χ0v) is 19.4. The quantitative estimate of drug-likeness (QED) is 0.597. The minimum atomic E-state index is -4.54. The van der Waals surface area contributed by atoms with Crippen molar-refractivity contribution in [2.45, 2.75) is 43.3 Å². The SMILES string of the molecule is CN(C)C(=O)N1CC2(CCN(C3CCN(C(=O)OCC(F)(F)F)CC3)CC2)c2cc(F)ccc21. The van der Waals surface area contributed by atoms with Gasteiger partial charge in [-0.3, -0.25) is 4.90 Å². The van der Waals surface area contributed by atoms with Crippen molar-refractivity contribution < 1.29 is 31.9 Å². The number of rotatable bonds is 2. The number of benzene rings is 1.